The predicted octanol–water partition coefficient (Wildman–Crippen LogP) is 2.64. The zero-order chi connectivity index (χ0) is 11.5. The topological polar surface area (TPSA) is 15.3 Å². The Kier molecular flexibility index (Phi) is 4.26. The first-order chi connectivity index (χ1) is 7.76. The van der Waals surface area contributed by atoms with Crippen LogP contribution in [0.3, 0.4) is 0 Å². The molecular formula is C14H28N2. The van der Waals surface area contributed by atoms with E-state index in [-0.39, 0.29) is 0 Å². The maximum absolute atomic E-state index is 3.70. The monoisotopic (exact) mass is 224 g/mol. The lowest BCUT2D eigenvalue weighted by atomic mass is 9.97. The van der Waals surface area contributed by atoms with Gasteiger partial charge < -0.3 is 5.32 Å². The molecule has 1 aliphatic heterocycles. The van der Waals surface area contributed by atoms with Gasteiger partial charge in [0.25, 0.3) is 0 Å². The van der Waals surface area contributed by atoms with Crippen LogP contribution in [0.15, 0.2) is 0 Å². The highest BCUT2D eigenvalue weighted by molar-refractivity contribution is 4.92. The van der Waals surface area contributed by atoms with Crippen LogP contribution in [0.2, 0.25) is 0 Å². The van der Waals surface area contributed by atoms with Crippen LogP contribution >= 0.6 is 0 Å². The predicted molar refractivity (Wildman–Crippen MR) is 69.7 cm³/mol. The third-order valence-electron chi connectivity index (χ3n) is 4.75. The molecule has 0 radical (unpaired) electrons. The summed E-state index contributed by atoms with van der Waals surface area (Å²) in [6.07, 6.45) is 6.90. The lowest BCUT2D eigenvalue weighted by Gasteiger charge is -2.44. The lowest BCUT2D eigenvalue weighted by molar-refractivity contribution is 0.0624. The van der Waals surface area contributed by atoms with Crippen molar-refractivity contribution in [3.05, 3.63) is 0 Å². The van der Waals surface area contributed by atoms with Crippen molar-refractivity contribution in [2.75, 3.05) is 13.1 Å². The lowest BCUT2D eigenvalue weighted by Crippen LogP contribution is -2.59. The highest BCUT2D eigenvalue weighted by atomic mass is 15.3. The molecule has 0 amide bonds. The van der Waals surface area contributed by atoms with Gasteiger partial charge in [-0.1, -0.05) is 27.2 Å². The molecule has 2 fully saturated rings. The van der Waals surface area contributed by atoms with Crippen molar-refractivity contribution in [2.24, 2.45) is 5.92 Å². The molecule has 4 atom stereocenters. The Morgan fingerprint density at radius 2 is 2.00 bits per heavy atom. The van der Waals surface area contributed by atoms with E-state index in [1.165, 1.54) is 45.2 Å². The van der Waals surface area contributed by atoms with Crippen molar-refractivity contribution in [3.63, 3.8) is 0 Å². The summed E-state index contributed by atoms with van der Waals surface area (Å²) in [5.74, 6) is 0.921. The van der Waals surface area contributed by atoms with Gasteiger partial charge in [0, 0.05) is 31.2 Å². The molecule has 2 nitrogen and oxygen atoms in total. The second kappa shape index (κ2) is 5.50. The van der Waals surface area contributed by atoms with Gasteiger partial charge in [-0.3, -0.25) is 4.90 Å². The molecule has 0 aromatic heterocycles. The molecule has 2 rings (SSSR count). The summed E-state index contributed by atoms with van der Waals surface area (Å²) in [6, 6.07) is 2.39. The molecule has 0 spiro atoms. The Morgan fingerprint density at radius 3 is 2.56 bits per heavy atom. The van der Waals surface area contributed by atoms with E-state index in [4.69, 9.17) is 0 Å². The van der Waals surface area contributed by atoms with E-state index in [0.29, 0.717) is 0 Å². The second-order valence-electron chi connectivity index (χ2n) is 5.75. The SMILES string of the molecule is CCC1CN(C2CCCC2C)C(CC)CN1. The van der Waals surface area contributed by atoms with Crippen LogP contribution in [0.25, 0.3) is 0 Å². The minimum atomic E-state index is 0.732. The van der Waals surface area contributed by atoms with Crippen LogP contribution < -0.4 is 5.32 Å². The zero-order valence-corrected chi connectivity index (χ0v) is 11.2. The minimum Gasteiger partial charge on any atom is -0.311 e. The molecule has 1 saturated carbocycles. The molecule has 1 N–H and O–H groups in total. The van der Waals surface area contributed by atoms with Crippen LogP contribution in [-0.4, -0.2) is 36.1 Å². The molecule has 0 aromatic rings. The third-order valence-corrected chi connectivity index (χ3v) is 4.75. The summed E-state index contributed by atoms with van der Waals surface area (Å²) in [5.41, 5.74) is 0. The number of nitrogens with one attached hydrogen (secondary N) is 1. The maximum Gasteiger partial charge on any atom is 0.0221 e. The molecule has 94 valence electrons. The number of nitrogens with zero attached hydrogens (tertiary/aromatic N) is 1. The van der Waals surface area contributed by atoms with Crippen LogP contribution in [0.1, 0.15) is 52.9 Å². The minimum absolute atomic E-state index is 0.732. The highest BCUT2D eigenvalue weighted by Gasteiger charge is 2.35. The van der Waals surface area contributed by atoms with Gasteiger partial charge in [-0.05, 0) is 31.6 Å². The van der Waals surface area contributed by atoms with Crippen molar-refractivity contribution in [2.45, 2.75) is 71.0 Å². The average Bonchev–Trinajstić information content (AvgIpc) is 2.74. The van der Waals surface area contributed by atoms with Gasteiger partial charge in [0.15, 0.2) is 0 Å². The van der Waals surface area contributed by atoms with E-state index >= 15 is 0 Å². The summed E-state index contributed by atoms with van der Waals surface area (Å²) in [7, 11) is 0. The van der Waals surface area contributed by atoms with Crippen molar-refractivity contribution >= 4 is 0 Å². The quantitative estimate of drug-likeness (QED) is 0.793. The van der Waals surface area contributed by atoms with Crippen molar-refractivity contribution < 1.29 is 0 Å². The Morgan fingerprint density at radius 1 is 1.19 bits per heavy atom. The number of rotatable bonds is 3. The largest absolute Gasteiger partial charge is 0.311 e. The van der Waals surface area contributed by atoms with Crippen molar-refractivity contribution in [3.8, 4) is 0 Å². The van der Waals surface area contributed by atoms with Gasteiger partial charge in [0.2, 0.25) is 0 Å². The van der Waals surface area contributed by atoms with Gasteiger partial charge in [-0.15, -0.1) is 0 Å². The average molecular weight is 224 g/mol. The molecule has 4 unspecified atom stereocenters. The van der Waals surface area contributed by atoms with E-state index in [1.54, 1.807) is 0 Å². The molecule has 1 aliphatic carbocycles. The van der Waals surface area contributed by atoms with Crippen LogP contribution in [-0.2, 0) is 0 Å². The summed E-state index contributed by atoms with van der Waals surface area (Å²) in [6.45, 7) is 9.58. The Balaban J connectivity index is 2.02. The smallest absolute Gasteiger partial charge is 0.0221 e. The summed E-state index contributed by atoms with van der Waals surface area (Å²) in [4.78, 5) is 2.84. The Hall–Kier alpha value is -0.0800. The molecule has 1 heterocycles. The standard InChI is InChI=1S/C14H28N2/c1-4-12-10-16(13(5-2)9-15-12)14-8-6-7-11(14)3/h11-15H,4-10H2,1-3H3. The summed E-state index contributed by atoms with van der Waals surface area (Å²) >= 11 is 0. The van der Waals surface area contributed by atoms with E-state index in [2.05, 4.69) is 31.0 Å². The fourth-order valence-corrected chi connectivity index (χ4v) is 3.57. The molecule has 0 aromatic carbocycles. The fraction of sp³-hybridized carbons (Fsp3) is 1.00. The second-order valence-corrected chi connectivity index (χ2v) is 5.75. The van der Waals surface area contributed by atoms with Gasteiger partial charge in [0.05, 0.1) is 0 Å². The Labute approximate surface area is 101 Å². The highest BCUT2D eigenvalue weighted by Crippen LogP contribution is 2.32. The van der Waals surface area contributed by atoms with E-state index in [1.807, 2.05) is 0 Å². The van der Waals surface area contributed by atoms with Crippen LogP contribution in [0, 0.1) is 5.92 Å². The van der Waals surface area contributed by atoms with Crippen LogP contribution in [0.4, 0.5) is 0 Å². The number of hydrogen-bond acceptors (Lipinski definition) is 2. The molecular weight excluding hydrogens is 196 g/mol. The molecule has 2 aliphatic rings. The summed E-state index contributed by atoms with van der Waals surface area (Å²) < 4.78 is 0. The maximum atomic E-state index is 3.70. The van der Waals surface area contributed by atoms with Gasteiger partial charge in [0.1, 0.15) is 0 Å². The zero-order valence-electron chi connectivity index (χ0n) is 11.2. The molecule has 16 heavy (non-hydrogen) atoms. The van der Waals surface area contributed by atoms with Gasteiger partial charge in [-0.2, -0.15) is 0 Å². The first-order valence-electron chi connectivity index (χ1n) is 7.25. The van der Waals surface area contributed by atoms with E-state index in [9.17, 15) is 0 Å². The summed E-state index contributed by atoms with van der Waals surface area (Å²) in [5, 5.41) is 3.70. The van der Waals surface area contributed by atoms with Gasteiger partial charge >= 0.3 is 0 Å². The van der Waals surface area contributed by atoms with Gasteiger partial charge in [-0.25, -0.2) is 0 Å². The Bertz CT molecular complexity index is 217. The first kappa shape index (κ1) is 12.4. The van der Waals surface area contributed by atoms with E-state index in [0.717, 1.165) is 24.0 Å². The molecule has 2 heteroatoms. The van der Waals surface area contributed by atoms with Crippen molar-refractivity contribution in [1.29, 1.82) is 0 Å². The normalized spacial score (nSPS) is 41.4. The van der Waals surface area contributed by atoms with Crippen molar-refractivity contribution in [1.82, 2.24) is 10.2 Å². The third kappa shape index (κ3) is 2.43. The number of piperazine rings is 1. The molecule has 1 saturated heterocycles. The first-order valence-corrected chi connectivity index (χ1v) is 7.25. The fourth-order valence-electron chi connectivity index (χ4n) is 3.57. The number of hydrogen-bond donors (Lipinski definition) is 1. The van der Waals surface area contributed by atoms with Crippen LogP contribution in [0.5, 0.6) is 0 Å². The van der Waals surface area contributed by atoms with E-state index < -0.39 is 0 Å². The molecule has 0 bridgehead atoms.